The van der Waals surface area contributed by atoms with Crippen LogP contribution in [0.25, 0.3) is 11.8 Å². The highest BCUT2D eigenvalue weighted by Gasteiger charge is 2.30. The van der Waals surface area contributed by atoms with Gasteiger partial charge in [0.05, 0.1) is 11.3 Å². The number of halogens is 4. The molecule has 3 aromatic carbocycles. The lowest BCUT2D eigenvalue weighted by Gasteiger charge is -2.20. The first kappa shape index (κ1) is 18.0. The van der Waals surface area contributed by atoms with Gasteiger partial charge in [-0.25, -0.2) is 9.38 Å². The Kier molecular flexibility index (Phi) is 4.47. The van der Waals surface area contributed by atoms with Crippen molar-refractivity contribution in [3.8, 4) is 0 Å². The molecule has 0 radical (unpaired) electrons. The molecule has 2 nitrogen and oxygen atoms in total. The minimum atomic E-state index is -4.41. The lowest BCUT2D eigenvalue weighted by atomic mass is 10.1. The van der Waals surface area contributed by atoms with Crippen molar-refractivity contribution in [2.24, 2.45) is 4.99 Å². The van der Waals surface area contributed by atoms with Crippen LogP contribution in [0.4, 0.5) is 23.2 Å². The molecule has 0 atom stereocenters. The molecule has 0 fully saturated rings. The summed E-state index contributed by atoms with van der Waals surface area (Å²) in [5, 5.41) is 0. The fraction of sp³-hybridized carbons (Fsp3) is 0.0455. The summed E-state index contributed by atoms with van der Waals surface area (Å²) in [4.78, 5) is 4.43. The zero-order valence-corrected chi connectivity index (χ0v) is 14.4. The Morgan fingerprint density at radius 3 is 2.18 bits per heavy atom. The topological polar surface area (TPSA) is 21.6 Å². The third kappa shape index (κ3) is 3.67. The second-order valence-electron chi connectivity index (χ2n) is 6.17. The summed E-state index contributed by atoms with van der Waals surface area (Å²) in [5.41, 5.74) is 1.78. The van der Waals surface area contributed by atoms with E-state index in [9.17, 15) is 17.6 Å². The minimum Gasteiger partial charge on any atom is -0.438 e. The molecule has 0 amide bonds. The molecule has 4 rings (SSSR count). The SMILES string of the molecule is Fc1ccc(/C=C2\OC(c3ccc(C(F)(F)F)cc3)=Nc3ccccc32)cc1. The second kappa shape index (κ2) is 6.96. The Morgan fingerprint density at radius 2 is 1.50 bits per heavy atom. The summed E-state index contributed by atoms with van der Waals surface area (Å²) in [6, 6.07) is 17.8. The van der Waals surface area contributed by atoms with E-state index in [1.807, 2.05) is 18.2 Å². The standard InChI is InChI=1S/C22H13F4NO/c23-17-11-5-14(6-12-17)13-20-18-3-1-2-4-19(18)27-21(28-20)15-7-9-16(10-8-15)22(24,25)26/h1-13H/b20-13-. The van der Waals surface area contributed by atoms with Gasteiger partial charge in [-0.3, -0.25) is 0 Å². The van der Waals surface area contributed by atoms with Crippen LogP contribution in [-0.2, 0) is 10.9 Å². The van der Waals surface area contributed by atoms with Gasteiger partial charge in [0.15, 0.2) is 0 Å². The third-order valence-corrected chi connectivity index (χ3v) is 4.23. The molecule has 0 saturated heterocycles. The zero-order valence-electron chi connectivity index (χ0n) is 14.4. The van der Waals surface area contributed by atoms with Crippen molar-refractivity contribution in [3.05, 3.63) is 101 Å². The Bertz CT molecular complexity index is 1060. The quantitative estimate of drug-likeness (QED) is 0.466. The van der Waals surface area contributed by atoms with Gasteiger partial charge in [0.25, 0.3) is 0 Å². The molecule has 0 spiro atoms. The maximum atomic E-state index is 13.2. The van der Waals surface area contributed by atoms with Gasteiger partial charge in [-0.05, 0) is 60.2 Å². The van der Waals surface area contributed by atoms with Crippen LogP contribution in [0.2, 0.25) is 0 Å². The van der Waals surface area contributed by atoms with Crippen LogP contribution in [0, 0.1) is 5.82 Å². The summed E-state index contributed by atoms with van der Waals surface area (Å²) < 4.78 is 57.4. The molecule has 0 bridgehead atoms. The highest BCUT2D eigenvalue weighted by molar-refractivity contribution is 6.04. The summed E-state index contributed by atoms with van der Waals surface area (Å²) >= 11 is 0. The molecule has 140 valence electrons. The Labute approximate surface area is 158 Å². The summed E-state index contributed by atoms with van der Waals surface area (Å²) in [5.74, 6) is 0.326. The molecule has 1 heterocycles. The van der Waals surface area contributed by atoms with Crippen LogP contribution in [0.5, 0.6) is 0 Å². The lowest BCUT2D eigenvalue weighted by molar-refractivity contribution is -0.137. The predicted molar refractivity (Wildman–Crippen MR) is 99.4 cm³/mol. The number of hydrogen-bond acceptors (Lipinski definition) is 2. The van der Waals surface area contributed by atoms with E-state index in [1.54, 1.807) is 24.3 Å². The molecular formula is C22H13F4NO. The molecule has 0 unspecified atom stereocenters. The number of alkyl halides is 3. The molecule has 6 heteroatoms. The number of aliphatic imine (C=N–C) groups is 1. The minimum absolute atomic E-state index is 0.195. The van der Waals surface area contributed by atoms with Crippen LogP contribution >= 0.6 is 0 Å². The summed E-state index contributed by atoms with van der Waals surface area (Å²) in [6.45, 7) is 0. The molecular weight excluding hydrogens is 370 g/mol. The maximum Gasteiger partial charge on any atom is 0.416 e. The lowest BCUT2D eigenvalue weighted by Crippen LogP contribution is -2.11. The van der Waals surface area contributed by atoms with E-state index in [1.165, 1.54) is 24.3 Å². The second-order valence-corrected chi connectivity index (χ2v) is 6.17. The fourth-order valence-electron chi connectivity index (χ4n) is 2.81. The van der Waals surface area contributed by atoms with Crippen molar-refractivity contribution >= 4 is 23.4 Å². The van der Waals surface area contributed by atoms with Gasteiger partial charge < -0.3 is 4.74 Å². The first-order chi connectivity index (χ1) is 13.4. The van der Waals surface area contributed by atoms with Crippen molar-refractivity contribution < 1.29 is 22.3 Å². The summed E-state index contributed by atoms with van der Waals surface area (Å²) in [6.07, 6.45) is -2.68. The van der Waals surface area contributed by atoms with Crippen molar-refractivity contribution in [3.63, 3.8) is 0 Å². The molecule has 1 aliphatic heterocycles. The van der Waals surface area contributed by atoms with Crippen molar-refractivity contribution in [1.29, 1.82) is 0 Å². The van der Waals surface area contributed by atoms with Gasteiger partial charge in [0.1, 0.15) is 11.6 Å². The smallest absolute Gasteiger partial charge is 0.416 e. The average Bonchev–Trinajstić information content (AvgIpc) is 2.69. The van der Waals surface area contributed by atoms with Gasteiger partial charge in [-0.15, -0.1) is 0 Å². The summed E-state index contributed by atoms with van der Waals surface area (Å²) in [7, 11) is 0. The highest BCUT2D eigenvalue weighted by atomic mass is 19.4. The molecule has 28 heavy (non-hydrogen) atoms. The van der Waals surface area contributed by atoms with Crippen LogP contribution in [-0.4, -0.2) is 5.90 Å². The maximum absolute atomic E-state index is 13.2. The molecule has 3 aromatic rings. The molecule has 0 saturated carbocycles. The third-order valence-electron chi connectivity index (χ3n) is 4.23. The van der Waals surface area contributed by atoms with Crippen LogP contribution < -0.4 is 0 Å². The first-order valence-electron chi connectivity index (χ1n) is 8.41. The Hall–Kier alpha value is -3.41. The highest BCUT2D eigenvalue weighted by Crippen LogP contribution is 2.35. The van der Waals surface area contributed by atoms with E-state index >= 15 is 0 Å². The molecule has 0 aliphatic carbocycles. The Balaban J connectivity index is 1.74. The fourth-order valence-corrected chi connectivity index (χ4v) is 2.81. The van der Waals surface area contributed by atoms with Crippen LogP contribution in [0.1, 0.15) is 22.3 Å². The van der Waals surface area contributed by atoms with Crippen molar-refractivity contribution in [2.75, 3.05) is 0 Å². The van der Waals surface area contributed by atoms with E-state index in [2.05, 4.69) is 4.99 Å². The number of nitrogens with zero attached hydrogens (tertiary/aromatic N) is 1. The van der Waals surface area contributed by atoms with Gasteiger partial charge >= 0.3 is 6.18 Å². The largest absolute Gasteiger partial charge is 0.438 e. The van der Waals surface area contributed by atoms with Gasteiger partial charge in [0, 0.05) is 11.1 Å². The van der Waals surface area contributed by atoms with E-state index < -0.39 is 11.7 Å². The number of ether oxygens (including phenoxy) is 1. The van der Waals surface area contributed by atoms with E-state index in [0.717, 1.165) is 23.3 Å². The van der Waals surface area contributed by atoms with Crippen molar-refractivity contribution in [1.82, 2.24) is 0 Å². The van der Waals surface area contributed by atoms with Gasteiger partial charge in [0.2, 0.25) is 5.90 Å². The molecule has 1 aliphatic rings. The van der Waals surface area contributed by atoms with E-state index in [-0.39, 0.29) is 11.7 Å². The number of rotatable bonds is 2. The van der Waals surface area contributed by atoms with E-state index in [4.69, 9.17) is 4.74 Å². The van der Waals surface area contributed by atoms with E-state index in [0.29, 0.717) is 17.0 Å². The van der Waals surface area contributed by atoms with Crippen LogP contribution in [0.15, 0.2) is 77.8 Å². The molecule has 0 aromatic heterocycles. The average molecular weight is 383 g/mol. The monoisotopic (exact) mass is 383 g/mol. The van der Waals surface area contributed by atoms with Crippen LogP contribution in [0.3, 0.4) is 0 Å². The van der Waals surface area contributed by atoms with Gasteiger partial charge in [-0.1, -0.05) is 24.3 Å². The first-order valence-corrected chi connectivity index (χ1v) is 8.41. The Morgan fingerprint density at radius 1 is 0.821 bits per heavy atom. The normalized spacial score (nSPS) is 15.0. The predicted octanol–water partition coefficient (Wildman–Crippen LogP) is 6.45. The van der Waals surface area contributed by atoms with Gasteiger partial charge in [-0.2, -0.15) is 13.2 Å². The number of benzene rings is 3. The number of hydrogen-bond donors (Lipinski definition) is 0. The zero-order chi connectivity index (χ0) is 19.7. The molecule has 0 N–H and O–H groups in total. The van der Waals surface area contributed by atoms with Crippen molar-refractivity contribution in [2.45, 2.75) is 6.18 Å². The number of fused-ring (bicyclic) bond motifs is 1. The number of para-hydroxylation sites is 1.